The van der Waals surface area contributed by atoms with E-state index in [2.05, 4.69) is 5.92 Å². The van der Waals surface area contributed by atoms with Crippen LogP contribution >= 0.6 is 0 Å². The fraction of sp³-hybridized carbons (Fsp3) is 0.467. The van der Waals surface area contributed by atoms with Crippen molar-refractivity contribution in [2.24, 2.45) is 0 Å². The Morgan fingerprint density at radius 3 is 2.74 bits per heavy atom. The minimum absolute atomic E-state index is 0.111. The van der Waals surface area contributed by atoms with Gasteiger partial charge in [0.2, 0.25) is 0 Å². The molecule has 0 aliphatic rings. The number of hydrogen-bond acceptors (Lipinski definition) is 3. The fourth-order valence-corrected chi connectivity index (χ4v) is 2.05. The molecule has 0 saturated heterocycles. The first-order valence-corrected chi connectivity index (χ1v) is 6.34. The Balaban J connectivity index is 3.19. The Kier molecular flexibility index (Phi) is 5.37. The normalized spacial score (nSPS) is 10.0. The highest BCUT2D eigenvalue weighted by atomic mass is 16.5. The van der Waals surface area contributed by atoms with Gasteiger partial charge in [0.25, 0.3) is 5.56 Å². The number of unbranched alkanes of at least 4 members (excludes halogenated alkanes) is 1. The van der Waals surface area contributed by atoms with E-state index in [1.807, 2.05) is 0 Å². The average molecular weight is 261 g/mol. The van der Waals surface area contributed by atoms with Crippen LogP contribution in [-0.4, -0.2) is 17.1 Å². The Morgan fingerprint density at radius 1 is 1.47 bits per heavy atom. The first-order valence-electron chi connectivity index (χ1n) is 6.34. The molecule has 1 aromatic rings. The third-order valence-corrected chi connectivity index (χ3v) is 2.95. The molecule has 0 spiro atoms. The monoisotopic (exact) mass is 261 g/mol. The first kappa shape index (κ1) is 15.0. The van der Waals surface area contributed by atoms with Gasteiger partial charge in [-0.3, -0.25) is 4.79 Å². The van der Waals surface area contributed by atoms with E-state index in [1.165, 1.54) is 6.07 Å². The summed E-state index contributed by atoms with van der Waals surface area (Å²) in [5.41, 5.74) is 1.65. The molecule has 0 aromatic carbocycles. The summed E-state index contributed by atoms with van der Waals surface area (Å²) in [6, 6.07) is 1.47. The molecule has 1 heterocycles. The number of aryl methyl sites for hydroxylation is 1. The summed E-state index contributed by atoms with van der Waals surface area (Å²) in [7, 11) is 0. The molecular formula is C15H19NO3. The largest absolute Gasteiger partial charge is 0.462 e. The third-order valence-electron chi connectivity index (χ3n) is 2.95. The van der Waals surface area contributed by atoms with Gasteiger partial charge in [0, 0.05) is 24.7 Å². The molecule has 0 fully saturated rings. The molecule has 0 aliphatic carbocycles. The summed E-state index contributed by atoms with van der Waals surface area (Å²) in [5, 5.41) is 0. The summed E-state index contributed by atoms with van der Waals surface area (Å²) in [6.07, 6.45) is 6.52. The molecule has 0 atom stereocenters. The number of nitrogens with zero attached hydrogens (tertiary/aromatic N) is 1. The lowest BCUT2D eigenvalue weighted by molar-refractivity contribution is 0.0523. The molecule has 0 bridgehead atoms. The van der Waals surface area contributed by atoms with Crippen LogP contribution in [0.1, 0.15) is 41.4 Å². The van der Waals surface area contributed by atoms with Gasteiger partial charge in [0.05, 0.1) is 12.2 Å². The van der Waals surface area contributed by atoms with Crippen molar-refractivity contribution in [1.82, 2.24) is 4.57 Å². The van der Waals surface area contributed by atoms with E-state index >= 15 is 0 Å². The SMILES string of the molecule is C#CCCCn1c(C)c(C(=O)OCC)c(C)cc1=O. The minimum Gasteiger partial charge on any atom is -0.462 e. The van der Waals surface area contributed by atoms with Crippen molar-refractivity contribution in [3.8, 4) is 12.3 Å². The highest BCUT2D eigenvalue weighted by Crippen LogP contribution is 2.13. The van der Waals surface area contributed by atoms with E-state index < -0.39 is 0 Å². The molecule has 0 aliphatic heterocycles. The summed E-state index contributed by atoms with van der Waals surface area (Å²) < 4.78 is 6.60. The highest BCUT2D eigenvalue weighted by Gasteiger charge is 2.17. The van der Waals surface area contributed by atoms with Crippen molar-refractivity contribution in [3.63, 3.8) is 0 Å². The highest BCUT2D eigenvalue weighted by molar-refractivity contribution is 5.92. The van der Waals surface area contributed by atoms with Gasteiger partial charge < -0.3 is 9.30 Å². The number of hydrogen-bond donors (Lipinski definition) is 0. The molecular weight excluding hydrogens is 242 g/mol. The predicted molar refractivity (Wildman–Crippen MR) is 74.2 cm³/mol. The molecule has 1 rings (SSSR count). The van der Waals surface area contributed by atoms with Gasteiger partial charge in [0.1, 0.15) is 0 Å². The van der Waals surface area contributed by atoms with Gasteiger partial charge in [-0.2, -0.15) is 0 Å². The number of carbonyl (C=O) groups excluding carboxylic acids is 1. The zero-order valence-corrected chi connectivity index (χ0v) is 11.7. The van der Waals surface area contributed by atoms with Gasteiger partial charge >= 0.3 is 5.97 Å². The van der Waals surface area contributed by atoms with E-state index in [-0.39, 0.29) is 11.5 Å². The van der Waals surface area contributed by atoms with E-state index in [0.29, 0.717) is 42.8 Å². The lowest BCUT2D eigenvalue weighted by Gasteiger charge is -2.15. The number of ether oxygens (including phenoxy) is 1. The maximum atomic E-state index is 11.9. The minimum atomic E-state index is -0.386. The molecule has 0 unspecified atom stereocenters. The van der Waals surface area contributed by atoms with Crippen LogP contribution in [0.25, 0.3) is 0 Å². The van der Waals surface area contributed by atoms with Gasteiger partial charge in [-0.15, -0.1) is 12.3 Å². The van der Waals surface area contributed by atoms with Crippen molar-refractivity contribution < 1.29 is 9.53 Å². The summed E-state index contributed by atoms with van der Waals surface area (Å²) in [6.45, 7) is 6.09. The molecule has 102 valence electrons. The van der Waals surface area contributed by atoms with Crippen LogP contribution < -0.4 is 5.56 Å². The Bertz CT molecular complexity index is 564. The number of aromatic nitrogens is 1. The maximum Gasteiger partial charge on any atom is 0.340 e. The second-order valence-electron chi connectivity index (χ2n) is 4.31. The van der Waals surface area contributed by atoms with Crippen molar-refractivity contribution >= 4 is 5.97 Å². The molecule has 0 N–H and O–H groups in total. The molecule has 4 heteroatoms. The zero-order chi connectivity index (χ0) is 14.4. The molecule has 0 amide bonds. The fourth-order valence-electron chi connectivity index (χ4n) is 2.05. The van der Waals surface area contributed by atoms with Crippen LogP contribution in [0.3, 0.4) is 0 Å². The third kappa shape index (κ3) is 3.47. The second kappa shape index (κ2) is 6.79. The van der Waals surface area contributed by atoms with Crippen molar-refractivity contribution in [2.75, 3.05) is 6.61 Å². The molecule has 0 radical (unpaired) electrons. The number of esters is 1. The molecule has 19 heavy (non-hydrogen) atoms. The Hall–Kier alpha value is -2.02. The zero-order valence-electron chi connectivity index (χ0n) is 11.7. The van der Waals surface area contributed by atoms with E-state index in [0.717, 1.165) is 0 Å². The summed E-state index contributed by atoms with van der Waals surface area (Å²) in [5.74, 6) is 2.15. The lowest BCUT2D eigenvalue weighted by atomic mass is 10.1. The number of pyridine rings is 1. The van der Waals surface area contributed by atoms with Crippen molar-refractivity contribution in [1.29, 1.82) is 0 Å². The van der Waals surface area contributed by atoms with Crippen LogP contribution in [0.2, 0.25) is 0 Å². The van der Waals surface area contributed by atoms with E-state index in [4.69, 9.17) is 11.2 Å². The number of terminal acetylenes is 1. The second-order valence-corrected chi connectivity index (χ2v) is 4.31. The first-order chi connectivity index (χ1) is 9.02. The molecule has 0 saturated carbocycles. The van der Waals surface area contributed by atoms with Crippen molar-refractivity contribution in [3.05, 3.63) is 33.2 Å². The van der Waals surface area contributed by atoms with Gasteiger partial charge in [-0.25, -0.2) is 4.79 Å². The predicted octanol–water partition coefficient (Wildman–Crippen LogP) is 2.06. The van der Waals surface area contributed by atoms with Gasteiger partial charge in [-0.1, -0.05) is 0 Å². The van der Waals surface area contributed by atoms with E-state index in [1.54, 1.807) is 25.3 Å². The van der Waals surface area contributed by atoms with Gasteiger partial charge in [0.15, 0.2) is 0 Å². The lowest BCUT2D eigenvalue weighted by Crippen LogP contribution is -2.26. The Labute approximate surface area is 113 Å². The summed E-state index contributed by atoms with van der Waals surface area (Å²) >= 11 is 0. The molecule has 4 nitrogen and oxygen atoms in total. The number of rotatable bonds is 5. The maximum absolute atomic E-state index is 11.9. The van der Waals surface area contributed by atoms with E-state index in [9.17, 15) is 9.59 Å². The van der Waals surface area contributed by atoms with Crippen LogP contribution in [0.5, 0.6) is 0 Å². The van der Waals surface area contributed by atoms with Crippen LogP contribution in [0.4, 0.5) is 0 Å². The Morgan fingerprint density at radius 2 is 2.16 bits per heavy atom. The summed E-state index contributed by atoms with van der Waals surface area (Å²) in [4.78, 5) is 23.9. The van der Waals surface area contributed by atoms with Gasteiger partial charge in [-0.05, 0) is 32.8 Å². The standard InChI is InChI=1S/C15H19NO3/c1-5-7-8-9-16-12(4)14(15(18)19-6-2)11(3)10-13(16)17/h1,10H,6-9H2,2-4H3. The number of carbonyl (C=O) groups is 1. The molecule has 1 aromatic heterocycles. The average Bonchev–Trinajstić information content (AvgIpc) is 2.33. The topological polar surface area (TPSA) is 48.3 Å². The smallest absolute Gasteiger partial charge is 0.340 e. The van der Waals surface area contributed by atoms with Crippen LogP contribution in [0.15, 0.2) is 10.9 Å². The van der Waals surface area contributed by atoms with Crippen LogP contribution in [-0.2, 0) is 11.3 Å². The van der Waals surface area contributed by atoms with Crippen LogP contribution in [0, 0.1) is 26.2 Å². The quantitative estimate of drug-likeness (QED) is 0.463. The van der Waals surface area contributed by atoms with Crippen molar-refractivity contribution in [2.45, 2.75) is 40.2 Å².